The third-order valence-corrected chi connectivity index (χ3v) is 3.38. The van der Waals surface area contributed by atoms with Crippen molar-refractivity contribution in [1.82, 2.24) is 4.90 Å². The van der Waals surface area contributed by atoms with Gasteiger partial charge in [-0.25, -0.2) is 0 Å². The lowest BCUT2D eigenvalue weighted by Crippen LogP contribution is -2.47. The van der Waals surface area contributed by atoms with E-state index >= 15 is 0 Å². The van der Waals surface area contributed by atoms with Gasteiger partial charge >= 0.3 is 0 Å². The minimum atomic E-state index is -0.343. The Bertz CT molecular complexity index is 394. The van der Waals surface area contributed by atoms with Crippen LogP contribution in [0.3, 0.4) is 0 Å². The van der Waals surface area contributed by atoms with E-state index in [1.165, 1.54) is 0 Å². The molecule has 1 saturated heterocycles. The Morgan fingerprint density at radius 2 is 2.22 bits per heavy atom. The lowest BCUT2D eigenvalue weighted by atomic mass is 10.0. The molecule has 1 aliphatic rings. The number of primary amides is 1. The lowest BCUT2D eigenvalue weighted by Gasteiger charge is -2.36. The molecule has 0 aromatic heterocycles. The van der Waals surface area contributed by atoms with Crippen LogP contribution in [0.4, 0.5) is 0 Å². The summed E-state index contributed by atoms with van der Waals surface area (Å²) in [7, 11) is 0. The molecule has 0 bridgehead atoms. The van der Waals surface area contributed by atoms with E-state index in [-0.39, 0.29) is 18.1 Å². The quantitative estimate of drug-likeness (QED) is 0.874. The van der Waals surface area contributed by atoms with Gasteiger partial charge in [0.15, 0.2) is 0 Å². The maximum Gasteiger partial charge on any atom is 0.239 e. The van der Waals surface area contributed by atoms with Crippen LogP contribution in [-0.4, -0.2) is 36.6 Å². The van der Waals surface area contributed by atoms with Gasteiger partial charge in [0.05, 0.1) is 12.7 Å². The first-order chi connectivity index (χ1) is 8.72. The Labute approximate surface area is 108 Å². The SMILES string of the molecule is CC[C@H]1CN([C@@H](C(N)=O)c2ccccc2)CCO1. The molecular weight excluding hydrogens is 228 g/mol. The topological polar surface area (TPSA) is 55.6 Å². The molecule has 2 N–H and O–H groups in total. The van der Waals surface area contributed by atoms with Crippen LogP contribution >= 0.6 is 0 Å². The molecule has 2 rings (SSSR count). The number of benzene rings is 1. The number of nitrogens with zero attached hydrogens (tertiary/aromatic N) is 1. The van der Waals surface area contributed by atoms with E-state index in [0.29, 0.717) is 6.61 Å². The lowest BCUT2D eigenvalue weighted by molar-refractivity contribution is -0.127. The average molecular weight is 248 g/mol. The monoisotopic (exact) mass is 248 g/mol. The second kappa shape index (κ2) is 5.98. The summed E-state index contributed by atoms with van der Waals surface area (Å²) in [6.07, 6.45) is 1.15. The van der Waals surface area contributed by atoms with Gasteiger partial charge in [-0.05, 0) is 12.0 Å². The predicted octanol–water partition coefficient (Wildman–Crippen LogP) is 1.32. The summed E-state index contributed by atoms with van der Waals surface area (Å²) in [6, 6.07) is 9.36. The van der Waals surface area contributed by atoms with Gasteiger partial charge in [0, 0.05) is 13.1 Å². The van der Waals surface area contributed by atoms with Gasteiger partial charge in [-0.3, -0.25) is 9.69 Å². The van der Waals surface area contributed by atoms with Gasteiger partial charge in [-0.1, -0.05) is 37.3 Å². The summed E-state index contributed by atoms with van der Waals surface area (Å²) in [5.74, 6) is -0.294. The fraction of sp³-hybridized carbons (Fsp3) is 0.500. The zero-order valence-electron chi connectivity index (χ0n) is 10.7. The van der Waals surface area contributed by atoms with Crippen molar-refractivity contribution in [3.63, 3.8) is 0 Å². The number of carbonyl (C=O) groups is 1. The molecule has 1 fully saturated rings. The molecule has 4 nitrogen and oxygen atoms in total. The van der Waals surface area contributed by atoms with Crippen LogP contribution in [-0.2, 0) is 9.53 Å². The Hall–Kier alpha value is -1.39. The van der Waals surface area contributed by atoms with E-state index in [4.69, 9.17) is 10.5 Å². The van der Waals surface area contributed by atoms with Crippen molar-refractivity contribution in [3.05, 3.63) is 35.9 Å². The maximum absolute atomic E-state index is 11.7. The van der Waals surface area contributed by atoms with E-state index in [2.05, 4.69) is 11.8 Å². The molecule has 1 amide bonds. The van der Waals surface area contributed by atoms with Crippen molar-refractivity contribution in [3.8, 4) is 0 Å². The molecule has 0 saturated carbocycles. The number of carbonyl (C=O) groups excluding carboxylic acids is 1. The average Bonchev–Trinajstić information content (AvgIpc) is 2.40. The summed E-state index contributed by atoms with van der Waals surface area (Å²) in [5.41, 5.74) is 6.53. The number of hydrogen-bond donors (Lipinski definition) is 1. The van der Waals surface area contributed by atoms with Crippen LogP contribution in [0.5, 0.6) is 0 Å². The minimum absolute atomic E-state index is 0.198. The summed E-state index contributed by atoms with van der Waals surface area (Å²) in [4.78, 5) is 13.9. The summed E-state index contributed by atoms with van der Waals surface area (Å²) < 4.78 is 5.63. The van der Waals surface area contributed by atoms with Crippen molar-refractivity contribution in [2.24, 2.45) is 5.73 Å². The smallest absolute Gasteiger partial charge is 0.239 e. The molecule has 1 heterocycles. The Morgan fingerprint density at radius 3 is 2.83 bits per heavy atom. The zero-order chi connectivity index (χ0) is 13.0. The third-order valence-electron chi connectivity index (χ3n) is 3.38. The normalized spacial score (nSPS) is 22.6. The zero-order valence-corrected chi connectivity index (χ0v) is 10.7. The van der Waals surface area contributed by atoms with Gasteiger partial charge in [-0.2, -0.15) is 0 Å². The number of morpholine rings is 1. The fourth-order valence-corrected chi connectivity index (χ4v) is 2.41. The van der Waals surface area contributed by atoms with Crippen LogP contribution < -0.4 is 5.73 Å². The van der Waals surface area contributed by atoms with Crippen LogP contribution in [0.25, 0.3) is 0 Å². The highest BCUT2D eigenvalue weighted by atomic mass is 16.5. The first kappa shape index (κ1) is 13.1. The highest BCUT2D eigenvalue weighted by molar-refractivity contribution is 5.81. The van der Waals surface area contributed by atoms with E-state index < -0.39 is 0 Å². The third kappa shape index (κ3) is 2.89. The molecule has 18 heavy (non-hydrogen) atoms. The second-order valence-electron chi connectivity index (χ2n) is 4.61. The Morgan fingerprint density at radius 1 is 1.50 bits per heavy atom. The Balaban J connectivity index is 2.18. The molecule has 0 unspecified atom stereocenters. The van der Waals surface area contributed by atoms with Crippen molar-refractivity contribution in [2.45, 2.75) is 25.5 Å². The number of ether oxygens (including phenoxy) is 1. The van der Waals surface area contributed by atoms with Crippen LogP contribution in [0, 0.1) is 0 Å². The number of hydrogen-bond acceptors (Lipinski definition) is 3. The van der Waals surface area contributed by atoms with Gasteiger partial charge in [0.1, 0.15) is 6.04 Å². The molecule has 0 radical (unpaired) electrons. The number of rotatable bonds is 4. The van der Waals surface area contributed by atoms with Gasteiger partial charge in [0.25, 0.3) is 0 Å². The van der Waals surface area contributed by atoms with Gasteiger partial charge in [0.2, 0.25) is 5.91 Å². The molecule has 1 aromatic carbocycles. The number of nitrogens with two attached hydrogens (primary N) is 1. The standard InChI is InChI=1S/C14H20N2O2/c1-2-12-10-16(8-9-18-12)13(14(15)17)11-6-4-3-5-7-11/h3-7,12-13H,2,8-10H2,1H3,(H2,15,17)/t12-,13+/m0/s1. The molecule has 0 aliphatic carbocycles. The van der Waals surface area contributed by atoms with Crippen LogP contribution in [0.15, 0.2) is 30.3 Å². The summed E-state index contributed by atoms with van der Waals surface area (Å²) >= 11 is 0. The highest BCUT2D eigenvalue weighted by Gasteiger charge is 2.30. The van der Waals surface area contributed by atoms with E-state index in [1.54, 1.807) is 0 Å². The van der Waals surface area contributed by atoms with E-state index in [0.717, 1.165) is 25.1 Å². The summed E-state index contributed by atoms with van der Waals surface area (Å²) in [5, 5.41) is 0. The van der Waals surface area contributed by atoms with Crippen LogP contribution in [0.1, 0.15) is 24.9 Å². The summed E-state index contributed by atoms with van der Waals surface area (Å²) in [6.45, 7) is 4.27. The molecule has 98 valence electrons. The van der Waals surface area contributed by atoms with Gasteiger partial charge in [-0.15, -0.1) is 0 Å². The van der Waals surface area contributed by atoms with Crippen molar-refractivity contribution in [1.29, 1.82) is 0 Å². The van der Waals surface area contributed by atoms with Crippen molar-refractivity contribution >= 4 is 5.91 Å². The molecule has 4 heteroatoms. The first-order valence-corrected chi connectivity index (χ1v) is 6.42. The van der Waals surface area contributed by atoms with Crippen molar-refractivity contribution in [2.75, 3.05) is 19.7 Å². The minimum Gasteiger partial charge on any atom is -0.376 e. The molecule has 2 atom stereocenters. The molecule has 1 aliphatic heterocycles. The molecule has 0 spiro atoms. The largest absolute Gasteiger partial charge is 0.376 e. The predicted molar refractivity (Wildman–Crippen MR) is 70.0 cm³/mol. The van der Waals surface area contributed by atoms with Crippen LogP contribution in [0.2, 0.25) is 0 Å². The number of amides is 1. The fourth-order valence-electron chi connectivity index (χ4n) is 2.41. The molecule has 1 aromatic rings. The maximum atomic E-state index is 11.7. The second-order valence-corrected chi connectivity index (χ2v) is 4.61. The molecular formula is C14H20N2O2. The Kier molecular flexibility index (Phi) is 4.33. The van der Waals surface area contributed by atoms with Gasteiger partial charge < -0.3 is 10.5 Å². The van der Waals surface area contributed by atoms with E-state index in [9.17, 15) is 4.79 Å². The first-order valence-electron chi connectivity index (χ1n) is 6.42. The van der Waals surface area contributed by atoms with E-state index in [1.807, 2.05) is 30.3 Å². The highest BCUT2D eigenvalue weighted by Crippen LogP contribution is 2.23. The van der Waals surface area contributed by atoms with Crippen molar-refractivity contribution < 1.29 is 9.53 Å².